The van der Waals surface area contributed by atoms with Crippen molar-refractivity contribution in [1.29, 1.82) is 0 Å². The van der Waals surface area contributed by atoms with E-state index in [1.807, 2.05) is 25.5 Å². The number of thiophene rings is 1. The summed E-state index contributed by atoms with van der Waals surface area (Å²) < 4.78 is 0. The molecule has 0 radical (unpaired) electrons. The van der Waals surface area contributed by atoms with Crippen LogP contribution in [0.1, 0.15) is 29.1 Å². The predicted molar refractivity (Wildman–Crippen MR) is 114 cm³/mol. The Kier molecular flexibility index (Phi) is 6.77. The third-order valence-electron chi connectivity index (χ3n) is 4.49. The molecule has 6 heteroatoms. The van der Waals surface area contributed by atoms with Crippen LogP contribution in [0.2, 0.25) is 0 Å². The summed E-state index contributed by atoms with van der Waals surface area (Å²) in [6, 6.07) is 12.8. The maximum atomic E-state index is 12.4. The van der Waals surface area contributed by atoms with Crippen LogP contribution in [-0.2, 0) is 17.6 Å². The van der Waals surface area contributed by atoms with Crippen molar-refractivity contribution in [2.75, 3.05) is 20.6 Å². The molecule has 0 bridgehead atoms. The van der Waals surface area contributed by atoms with Gasteiger partial charge >= 0.3 is 0 Å². The number of rotatable bonds is 8. The standard InChI is InChI=1S/C21H25N3OS2/c1-4-15-7-9-16(10-8-15)21-23-17(14-27-21)12-20(25)22-13-18(24(2)3)19-6-5-11-26-19/h5-11,14,18H,4,12-13H2,1-3H3,(H,22,25). The minimum atomic E-state index is 0.0107. The molecule has 27 heavy (non-hydrogen) atoms. The van der Waals surface area contributed by atoms with Crippen LogP contribution in [0.5, 0.6) is 0 Å². The molecule has 1 amide bonds. The third kappa shape index (κ3) is 5.25. The molecule has 1 N–H and O–H groups in total. The van der Waals surface area contributed by atoms with Gasteiger partial charge in [-0.05, 0) is 37.5 Å². The van der Waals surface area contributed by atoms with Crippen LogP contribution >= 0.6 is 22.7 Å². The van der Waals surface area contributed by atoms with E-state index in [1.165, 1.54) is 10.4 Å². The number of nitrogens with one attached hydrogen (secondary N) is 1. The Labute approximate surface area is 168 Å². The lowest BCUT2D eigenvalue weighted by Gasteiger charge is -2.23. The highest BCUT2D eigenvalue weighted by atomic mass is 32.1. The Morgan fingerprint density at radius 2 is 1.96 bits per heavy atom. The lowest BCUT2D eigenvalue weighted by molar-refractivity contribution is -0.120. The van der Waals surface area contributed by atoms with Gasteiger partial charge in [0.2, 0.25) is 5.91 Å². The molecule has 1 unspecified atom stereocenters. The topological polar surface area (TPSA) is 45.2 Å². The molecule has 1 aromatic carbocycles. The predicted octanol–water partition coefficient (Wildman–Crippen LogP) is 4.40. The van der Waals surface area contributed by atoms with Gasteiger partial charge in [-0.25, -0.2) is 4.98 Å². The molecule has 0 fully saturated rings. The van der Waals surface area contributed by atoms with Gasteiger partial charge in [0.1, 0.15) is 5.01 Å². The molecule has 0 spiro atoms. The Bertz CT molecular complexity index is 854. The summed E-state index contributed by atoms with van der Waals surface area (Å²) in [4.78, 5) is 20.4. The Balaban J connectivity index is 1.57. The first kappa shape index (κ1) is 19.7. The number of amides is 1. The number of aromatic nitrogens is 1. The molecular weight excluding hydrogens is 374 g/mol. The van der Waals surface area contributed by atoms with Crippen LogP contribution in [0.15, 0.2) is 47.2 Å². The fourth-order valence-electron chi connectivity index (χ4n) is 2.86. The van der Waals surface area contributed by atoms with Crippen molar-refractivity contribution in [2.45, 2.75) is 25.8 Å². The van der Waals surface area contributed by atoms with Crippen LogP contribution < -0.4 is 5.32 Å². The van der Waals surface area contributed by atoms with Gasteiger partial charge < -0.3 is 10.2 Å². The molecule has 3 aromatic rings. The van der Waals surface area contributed by atoms with Crippen LogP contribution in [0, 0.1) is 0 Å². The number of hydrogen-bond acceptors (Lipinski definition) is 5. The highest BCUT2D eigenvalue weighted by Gasteiger charge is 2.17. The Hall–Kier alpha value is -2.02. The van der Waals surface area contributed by atoms with Crippen molar-refractivity contribution < 1.29 is 4.79 Å². The molecule has 2 heterocycles. The van der Waals surface area contributed by atoms with Gasteiger partial charge in [-0.2, -0.15) is 0 Å². The summed E-state index contributed by atoms with van der Waals surface area (Å²) in [5.41, 5.74) is 3.25. The van der Waals surface area contributed by atoms with Crippen molar-refractivity contribution in [1.82, 2.24) is 15.2 Å². The van der Waals surface area contributed by atoms with E-state index in [2.05, 4.69) is 57.8 Å². The van der Waals surface area contributed by atoms with E-state index in [-0.39, 0.29) is 11.9 Å². The molecule has 0 aliphatic heterocycles. The minimum Gasteiger partial charge on any atom is -0.354 e. The van der Waals surface area contributed by atoms with Crippen molar-refractivity contribution in [3.63, 3.8) is 0 Å². The zero-order valence-corrected chi connectivity index (χ0v) is 17.6. The Morgan fingerprint density at radius 3 is 2.59 bits per heavy atom. The number of aryl methyl sites for hydroxylation is 1. The van der Waals surface area contributed by atoms with Crippen molar-refractivity contribution in [2.24, 2.45) is 0 Å². The number of nitrogens with zero attached hydrogens (tertiary/aromatic N) is 2. The van der Waals surface area contributed by atoms with Gasteiger partial charge in [-0.15, -0.1) is 22.7 Å². The van der Waals surface area contributed by atoms with Gasteiger partial charge in [0.15, 0.2) is 0 Å². The summed E-state index contributed by atoms with van der Waals surface area (Å²) >= 11 is 3.30. The first-order valence-corrected chi connectivity index (χ1v) is 10.8. The summed E-state index contributed by atoms with van der Waals surface area (Å²) in [5.74, 6) is 0.0107. The SMILES string of the molecule is CCc1ccc(-c2nc(CC(=O)NCC(c3cccs3)N(C)C)cs2)cc1. The second kappa shape index (κ2) is 9.26. The van der Waals surface area contributed by atoms with Gasteiger partial charge in [-0.1, -0.05) is 37.3 Å². The van der Waals surface area contributed by atoms with Crippen LogP contribution in [0.4, 0.5) is 0 Å². The van der Waals surface area contributed by atoms with E-state index in [0.29, 0.717) is 13.0 Å². The summed E-state index contributed by atoms with van der Waals surface area (Å²) in [7, 11) is 4.07. The van der Waals surface area contributed by atoms with E-state index in [4.69, 9.17) is 0 Å². The van der Waals surface area contributed by atoms with Crippen LogP contribution in [-0.4, -0.2) is 36.4 Å². The molecule has 0 aliphatic carbocycles. The summed E-state index contributed by atoms with van der Waals surface area (Å²) in [6.07, 6.45) is 1.34. The zero-order valence-electron chi connectivity index (χ0n) is 15.9. The average Bonchev–Trinajstić information content (AvgIpc) is 3.34. The van der Waals surface area contributed by atoms with Gasteiger partial charge in [0.25, 0.3) is 0 Å². The summed E-state index contributed by atoms with van der Waals surface area (Å²) in [5, 5.41) is 8.06. The first-order chi connectivity index (χ1) is 13.1. The zero-order chi connectivity index (χ0) is 19.2. The maximum absolute atomic E-state index is 12.4. The van der Waals surface area contributed by atoms with Gasteiger partial charge in [0, 0.05) is 22.4 Å². The molecule has 2 aromatic heterocycles. The monoisotopic (exact) mass is 399 g/mol. The average molecular weight is 400 g/mol. The molecule has 142 valence electrons. The number of hydrogen-bond donors (Lipinski definition) is 1. The molecule has 4 nitrogen and oxygen atoms in total. The highest BCUT2D eigenvalue weighted by Crippen LogP contribution is 2.25. The second-order valence-corrected chi connectivity index (χ2v) is 8.51. The van der Waals surface area contributed by atoms with E-state index in [1.54, 1.807) is 22.7 Å². The largest absolute Gasteiger partial charge is 0.354 e. The number of thiazole rings is 1. The van der Waals surface area contributed by atoms with Gasteiger partial charge in [-0.3, -0.25) is 4.79 Å². The van der Waals surface area contributed by atoms with E-state index in [0.717, 1.165) is 22.7 Å². The van der Waals surface area contributed by atoms with E-state index >= 15 is 0 Å². The number of benzene rings is 1. The molecule has 0 saturated heterocycles. The van der Waals surface area contributed by atoms with Crippen LogP contribution in [0.3, 0.4) is 0 Å². The fourth-order valence-corrected chi connectivity index (χ4v) is 4.61. The molecule has 0 aliphatic rings. The third-order valence-corrected chi connectivity index (χ3v) is 6.40. The van der Waals surface area contributed by atoms with Gasteiger partial charge in [0.05, 0.1) is 18.2 Å². The first-order valence-electron chi connectivity index (χ1n) is 9.07. The lowest BCUT2D eigenvalue weighted by atomic mass is 10.1. The molecule has 3 rings (SSSR count). The van der Waals surface area contributed by atoms with Crippen molar-refractivity contribution >= 4 is 28.6 Å². The second-order valence-electron chi connectivity index (χ2n) is 6.67. The maximum Gasteiger partial charge on any atom is 0.226 e. The van der Waals surface area contributed by atoms with Crippen molar-refractivity contribution in [3.8, 4) is 10.6 Å². The van der Waals surface area contributed by atoms with E-state index in [9.17, 15) is 4.79 Å². The number of likely N-dealkylation sites (N-methyl/N-ethyl adjacent to an activating group) is 1. The Morgan fingerprint density at radius 1 is 1.19 bits per heavy atom. The smallest absolute Gasteiger partial charge is 0.226 e. The molecular formula is C21H25N3OS2. The minimum absolute atomic E-state index is 0.0107. The lowest BCUT2D eigenvalue weighted by Crippen LogP contribution is -2.34. The highest BCUT2D eigenvalue weighted by molar-refractivity contribution is 7.13. The normalized spacial score (nSPS) is 12.3. The quantitative estimate of drug-likeness (QED) is 0.611. The van der Waals surface area contributed by atoms with Crippen LogP contribution in [0.25, 0.3) is 10.6 Å². The number of carbonyl (C=O) groups is 1. The molecule has 0 saturated carbocycles. The number of carbonyl (C=O) groups excluding carboxylic acids is 1. The van der Waals surface area contributed by atoms with E-state index < -0.39 is 0 Å². The van der Waals surface area contributed by atoms with Crippen molar-refractivity contribution in [3.05, 3.63) is 63.3 Å². The fraction of sp³-hybridized carbons (Fsp3) is 0.333. The summed E-state index contributed by atoms with van der Waals surface area (Å²) in [6.45, 7) is 2.75. The molecule has 1 atom stereocenters.